The van der Waals surface area contributed by atoms with Crippen LogP contribution in [-0.2, 0) is 0 Å². The number of rotatable bonds is 7. The minimum absolute atomic E-state index is 0.393. The summed E-state index contributed by atoms with van der Waals surface area (Å²) in [6.07, 6.45) is 9.13. The van der Waals surface area contributed by atoms with Crippen molar-refractivity contribution in [2.75, 3.05) is 0 Å². The van der Waals surface area contributed by atoms with Crippen LogP contribution in [0.5, 0.6) is 0 Å². The third-order valence-corrected chi connectivity index (χ3v) is 3.19. The molecule has 2 N–H and O–H groups in total. The maximum atomic E-state index is 5.93. The van der Waals surface area contributed by atoms with Gasteiger partial charge in [0.05, 0.1) is 0 Å². The number of allylic oxidation sites excluding steroid dienone is 4. The van der Waals surface area contributed by atoms with E-state index in [0.717, 1.165) is 12.8 Å². The number of hydrogen-bond acceptors (Lipinski definition) is 1. The van der Waals surface area contributed by atoms with Gasteiger partial charge in [0.15, 0.2) is 0 Å². The third kappa shape index (κ3) is 6.12. The summed E-state index contributed by atoms with van der Waals surface area (Å²) < 4.78 is 0. The van der Waals surface area contributed by atoms with E-state index in [0.29, 0.717) is 12.0 Å². The van der Waals surface area contributed by atoms with Gasteiger partial charge in [-0.15, -0.1) is 0 Å². The van der Waals surface area contributed by atoms with Crippen molar-refractivity contribution in [1.82, 2.24) is 0 Å². The first-order valence-corrected chi connectivity index (χ1v) is 6.58. The monoisotopic (exact) mass is 223 g/mol. The van der Waals surface area contributed by atoms with E-state index in [1.165, 1.54) is 24.0 Å². The second kappa shape index (κ2) is 8.58. The van der Waals surface area contributed by atoms with Crippen molar-refractivity contribution in [1.29, 1.82) is 0 Å². The van der Waals surface area contributed by atoms with Gasteiger partial charge in [-0.1, -0.05) is 38.0 Å². The standard InChI is InChI=1S/C15H29N/c1-6-9-15(12(3)4)13(5)10-8-11-14(16)7-2/h6,9,13-14H,7-8,10-11,16H2,1-5H3/b9-6-. The van der Waals surface area contributed by atoms with Crippen molar-refractivity contribution in [3.8, 4) is 0 Å². The first-order valence-electron chi connectivity index (χ1n) is 6.58. The number of hydrogen-bond donors (Lipinski definition) is 1. The Hall–Kier alpha value is -0.560. The summed E-state index contributed by atoms with van der Waals surface area (Å²) in [5.41, 5.74) is 8.86. The molecule has 1 nitrogen and oxygen atoms in total. The maximum absolute atomic E-state index is 5.93. The highest BCUT2D eigenvalue weighted by molar-refractivity contribution is 5.25. The summed E-state index contributed by atoms with van der Waals surface area (Å²) in [7, 11) is 0. The van der Waals surface area contributed by atoms with E-state index in [1.807, 2.05) is 0 Å². The van der Waals surface area contributed by atoms with Crippen molar-refractivity contribution in [2.24, 2.45) is 11.7 Å². The minimum atomic E-state index is 0.393. The highest BCUT2D eigenvalue weighted by Gasteiger charge is 2.08. The molecule has 0 saturated heterocycles. The zero-order valence-corrected chi connectivity index (χ0v) is 11.7. The highest BCUT2D eigenvalue weighted by atomic mass is 14.6. The first-order chi connectivity index (χ1) is 7.52. The minimum Gasteiger partial charge on any atom is -0.328 e. The predicted octanol–water partition coefficient (Wildman–Crippen LogP) is 4.44. The third-order valence-electron chi connectivity index (χ3n) is 3.19. The average Bonchev–Trinajstić information content (AvgIpc) is 2.24. The Bertz CT molecular complexity index is 234. The molecule has 16 heavy (non-hydrogen) atoms. The largest absolute Gasteiger partial charge is 0.328 e. The topological polar surface area (TPSA) is 26.0 Å². The van der Waals surface area contributed by atoms with Gasteiger partial charge in [0.1, 0.15) is 0 Å². The average molecular weight is 223 g/mol. The van der Waals surface area contributed by atoms with Gasteiger partial charge in [-0.3, -0.25) is 0 Å². The SMILES string of the molecule is C/C=C\C(=C(C)C)C(C)CCCC(N)CC. The maximum Gasteiger partial charge on any atom is 0.00362 e. The van der Waals surface area contributed by atoms with Crippen molar-refractivity contribution in [2.45, 2.75) is 66.3 Å². The fourth-order valence-electron chi connectivity index (χ4n) is 2.05. The second-order valence-electron chi connectivity index (χ2n) is 4.96. The van der Waals surface area contributed by atoms with Crippen LogP contribution in [0.1, 0.15) is 60.3 Å². The molecular weight excluding hydrogens is 194 g/mol. The van der Waals surface area contributed by atoms with Gasteiger partial charge in [-0.25, -0.2) is 0 Å². The van der Waals surface area contributed by atoms with Gasteiger partial charge in [0.2, 0.25) is 0 Å². The van der Waals surface area contributed by atoms with E-state index in [-0.39, 0.29) is 0 Å². The van der Waals surface area contributed by atoms with E-state index < -0.39 is 0 Å². The molecular formula is C15H29N. The van der Waals surface area contributed by atoms with Crippen molar-refractivity contribution in [3.63, 3.8) is 0 Å². The van der Waals surface area contributed by atoms with E-state index in [9.17, 15) is 0 Å². The van der Waals surface area contributed by atoms with Gasteiger partial charge in [-0.05, 0) is 51.5 Å². The van der Waals surface area contributed by atoms with Crippen LogP contribution in [0.25, 0.3) is 0 Å². The Morgan fingerprint density at radius 1 is 1.25 bits per heavy atom. The van der Waals surface area contributed by atoms with Crippen molar-refractivity contribution < 1.29 is 0 Å². The molecule has 0 radical (unpaired) electrons. The van der Waals surface area contributed by atoms with Crippen LogP contribution >= 0.6 is 0 Å². The molecule has 0 aromatic carbocycles. The van der Waals surface area contributed by atoms with Gasteiger partial charge in [0, 0.05) is 6.04 Å². The Kier molecular flexibility index (Phi) is 8.28. The second-order valence-corrected chi connectivity index (χ2v) is 4.96. The Labute approximate surface area is 102 Å². The predicted molar refractivity (Wildman–Crippen MR) is 74.5 cm³/mol. The molecule has 0 spiro atoms. The fraction of sp³-hybridized carbons (Fsp3) is 0.733. The molecule has 0 aromatic heterocycles. The van der Waals surface area contributed by atoms with Crippen LogP contribution in [0.4, 0.5) is 0 Å². The molecule has 0 aliphatic rings. The molecule has 0 fully saturated rings. The molecule has 0 saturated carbocycles. The lowest BCUT2D eigenvalue weighted by Crippen LogP contribution is -2.18. The quantitative estimate of drug-likeness (QED) is 0.634. The highest BCUT2D eigenvalue weighted by Crippen LogP contribution is 2.22. The van der Waals surface area contributed by atoms with Crippen LogP contribution in [0, 0.1) is 5.92 Å². The van der Waals surface area contributed by atoms with Crippen molar-refractivity contribution >= 4 is 0 Å². The molecule has 0 aromatic rings. The van der Waals surface area contributed by atoms with Crippen molar-refractivity contribution in [3.05, 3.63) is 23.3 Å². The van der Waals surface area contributed by atoms with Gasteiger partial charge >= 0.3 is 0 Å². The Morgan fingerprint density at radius 2 is 1.88 bits per heavy atom. The van der Waals surface area contributed by atoms with Gasteiger partial charge in [-0.2, -0.15) is 0 Å². The lowest BCUT2D eigenvalue weighted by Gasteiger charge is -2.16. The zero-order chi connectivity index (χ0) is 12.6. The van der Waals surface area contributed by atoms with Crippen LogP contribution in [0.3, 0.4) is 0 Å². The van der Waals surface area contributed by atoms with E-state index in [4.69, 9.17) is 5.73 Å². The molecule has 0 aliphatic carbocycles. The van der Waals surface area contributed by atoms with Gasteiger partial charge < -0.3 is 5.73 Å². The molecule has 1 heteroatoms. The molecule has 2 atom stereocenters. The normalized spacial score (nSPS) is 15.1. The summed E-state index contributed by atoms with van der Waals surface area (Å²) in [4.78, 5) is 0. The molecule has 94 valence electrons. The molecule has 0 amide bonds. The van der Waals surface area contributed by atoms with Crippen LogP contribution < -0.4 is 5.73 Å². The summed E-state index contributed by atoms with van der Waals surface area (Å²) in [6, 6.07) is 0.393. The van der Waals surface area contributed by atoms with Crippen LogP contribution in [-0.4, -0.2) is 6.04 Å². The summed E-state index contributed by atoms with van der Waals surface area (Å²) in [6.45, 7) is 11.0. The Morgan fingerprint density at radius 3 is 2.31 bits per heavy atom. The smallest absolute Gasteiger partial charge is 0.00362 e. The van der Waals surface area contributed by atoms with E-state index in [1.54, 1.807) is 0 Å². The fourth-order valence-corrected chi connectivity index (χ4v) is 2.05. The van der Waals surface area contributed by atoms with E-state index >= 15 is 0 Å². The summed E-state index contributed by atoms with van der Waals surface area (Å²) in [5, 5.41) is 0. The Balaban J connectivity index is 4.13. The number of nitrogens with two attached hydrogens (primary N) is 1. The molecule has 0 rings (SSSR count). The lowest BCUT2D eigenvalue weighted by atomic mass is 9.91. The molecule has 2 unspecified atom stereocenters. The first kappa shape index (κ1) is 15.4. The van der Waals surface area contributed by atoms with E-state index in [2.05, 4.69) is 46.8 Å². The zero-order valence-electron chi connectivity index (χ0n) is 11.7. The molecule has 0 aliphatic heterocycles. The summed E-state index contributed by atoms with van der Waals surface area (Å²) >= 11 is 0. The van der Waals surface area contributed by atoms with Crippen LogP contribution in [0.2, 0.25) is 0 Å². The summed E-state index contributed by atoms with van der Waals surface area (Å²) in [5.74, 6) is 0.658. The van der Waals surface area contributed by atoms with Crippen LogP contribution in [0.15, 0.2) is 23.3 Å². The molecule has 0 heterocycles. The lowest BCUT2D eigenvalue weighted by molar-refractivity contribution is 0.505. The molecule has 0 bridgehead atoms. The van der Waals surface area contributed by atoms with Gasteiger partial charge in [0.25, 0.3) is 0 Å².